The first-order valence-electron chi connectivity index (χ1n) is 16.6. The molecule has 2 aromatic heterocycles. The zero-order chi connectivity index (χ0) is 34.0. The summed E-state index contributed by atoms with van der Waals surface area (Å²) in [6.07, 6.45) is 6.59. The first kappa shape index (κ1) is 37.7. The monoisotopic (exact) mass is 855 g/mol. The Hall–Kier alpha value is -3.16. The molecule has 3 aromatic carbocycles. The second kappa shape index (κ2) is 15.6. The third-order valence-corrected chi connectivity index (χ3v) is 11.1. The van der Waals surface area contributed by atoms with Crippen LogP contribution in [0.1, 0.15) is 89.5 Å². The molecule has 253 valence electrons. The molecule has 5 nitrogen and oxygen atoms in total. The summed E-state index contributed by atoms with van der Waals surface area (Å²) in [5, 5.41) is 13.2. The minimum atomic E-state index is -0.221. The molecule has 0 spiro atoms. The topological polar surface area (TPSA) is 75.4 Å². The predicted molar refractivity (Wildman–Crippen MR) is 200 cm³/mol. The number of thiophene rings is 1. The third kappa shape index (κ3) is 6.95. The van der Waals surface area contributed by atoms with E-state index in [2.05, 4.69) is 85.6 Å². The van der Waals surface area contributed by atoms with Gasteiger partial charge in [0.2, 0.25) is 0 Å². The van der Waals surface area contributed by atoms with Crippen LogP contribution in [0.4, 0.5) is 5.69 Å². The van der Waals surface area contributed by atoms with Crippen LogP contribution in [0.5, 0.6) is 0 Å². The van der Waals surface area contributed by atoms with Crippen molar-refractivity contribution in [3.8, 4) is 21.7 Å². The maximum absolute atomic E-state index is 11.7. The van der Waals surface area contributed by atoms with Crippen molar-refractivity contribution >= 4 is 56.2 Å². The number of carbonyl (C=O) groups is 1. The van der Waals surface area contributed by atoms with Gasteiger partial charge in [-0.1, -0.05) is 76.3 Å². The summed E-state index contributed by atoms with van der Waals surface area (Å²) in [7, 11) is 0. The second-order valence-electron chi connectivity index (χ2n) is 13.0. The summed E-state index contributed by atoms with van der Waals surface area (Å²) in [5.41, 5.74) is 8.86. The van der Waals surface area contributed by atoms with Crippen molar-refractivity contribution in [2.24, 2.45) is 16.2 Å². The first-order chi connectivity index (χ1) is 22.5. The van der Waals surface area contributed by atoms with Crippen molar-refractivity contribution in [2.45, 2.75) is 86.5 Å². The summed E-state index contributed by atoms with van der Waals surface area (Å²) < 4.78 is 3.99. The molecule has 0 bridgehead atoms. The van der Waals surface area contributed by atoms with Crippen LogP contribution in [0.15, 0.2) is 65.0 Å². The standard InChI is InChI=1S/C27H20N3S2.C13H24O2.Ir/c1-14-9-18(30-31)10-15(2)21(14)25-23-22-24(28-13-29-26(22)32-25)19-11-16-7-5-6-8-17(16)12-20(19)27(23,3)4;1-5-10(6-2)12(14)9-13(15)11(7-3)8-4;/h5-10,12-13H,1-4H3;9-11,14H,5-8H2,1-4H3;/q-1;;/b;12-9-;. The van der Waals surface area contributed by atoms with E-state index in [1.165, 1.54) is 44.2 Å². The summed E-state index contributed by atoms with van der Waals surface area (Å²) in [4.78, 5) is 23.4. The molecule has 1 aliphatic carbocycles. The fourth-order valence-electron chi connectivity index (χ4n) is 7.01. The molecule has 1 aliphatic rings. The van der Waals surface area contributed by atoms with Crippen LogP contribution >= 0.6 is 11.3 Å². The van der Waals surface area contributed by atoms with Gasteiger partial charge < -0.3 is 5.11 Å². The van der Waals surface area contributed by atoms with Gasteiger partial charge >= 0.3 is 0 Å². The fraction of sp³-hybridized carbons (Fsp3) is 0.375. The number of ketones is 1. The van der Waals surface area contributed by atoms with E-state index in [0.717, 1.165) is 58.2 Å². The van der Waals surface area contributed by atoms with E-state index >= 15 is 0 Å². The largest absolute Gasteiger partial charge is 0.512 e. The summed E-state index contributed by atoms with van der Waals surface area (Å²) in [6.45, 7) is 17.0. The van der Waals surface area contributed by atoms with E-state index in [9.17, 15) is 9.90 Å². The first-order valence-corrected chi connectivity index (χ1v) is 17.8. The smallest absolute Gasteiger partial charge is 0.162 e. The molecule has 0 saturated carbocycles. The molecule has 0 unspecified atom stereocenters. The Morgan fingerprint density at radius 2 is 1.62 bits per heavy atom. The van der Waals surface area contributed by atoms with Crippen molar-refractivity contribution in [3.63, 3.8) is 0 Å². The van der Waals surface area contributed by atoms with Crippen molar-refractivity contribution in [3.05, 3.63) is 88.9 Å². The molecule has 2 heterocycles. The maximum Gasteiger partial charge on any atom is 0.162 e. The summed E-state index contributed by atoms with van der Waals surface area (Å²) >= 11 is 6.70. The maximum atomic E-state index is 11.7. The van der Waals surface area contributed by atoms with Gasteiger partial charge in [-0.2, -0.15) is 4.36 Å². The van der Waals surface area contributed by atoms with Gasteiger partial charge in [0, 0.05) is 66.4 Å². The number of aliphatic hydroxyl groups is 1. The molecule has 48 heavy (non-hydrogen) atoms. The number of hydrogen-bond acceptors (Lipinski definition) is 7. The number of aromatic nitrogens is 2. The zero-order valence-electron chi connectivity index (χ0n) is 29.0. The van der Waals surface area contributed by atoms with E-state index in [-0.39, 0.29) is 48.9 Å². The number of nitrogens with zero attached hydrogens (tertiary/aromatic N) is 3. The Kier molecular flexibility index (Phi) is 12.2. The van der Waals surface area contributed by atoms with E-state index in [4.69, 9.17) is 17.4 Å². The minimum absolute atomic E-state index is 0. The average Bonchev–Trinajstić information content (AvgIpc) is 3.45. The third-order valence-electron chi connectivity index (χ3n) is 9.74. The fourth-order valence-corrected chi connectivity index (χ4v) is 8.59. The van der Waals surface area contributed by atoms with Crippen molar-refractivity contribution < 1.29 is 30.0 Å². The molecule has 0 aliphatic heterocycles. The molecule has 0 amide bonds. The van der Waals surface area contributed by atoms with Gasteiger partial charge in [0.15, 0.2) is 5.78 Å². The summed E-state index contributed by atoms with van der Waals surface area (Å²) in [6, 6.07) is 18.6. The van der Waals surface area contributed by atoms with Gasteiger partial charge in [-0.15, -0.1) is 34.9 Å². The minimum Gasteiger partial charge on any atom is -0.512 e. The van der Waals surface area contributed by atoms with Gasteiger partial charge in [0.25, 0.3) is 0 Å². The summed E-state index contributed by atoms with van der Waals surface area (Å²) in [5.74, 6) is 0.547. The van der Waals surface area contributed by atoms with Crippen molar-refractivity contribution in [1.82, 2.24) is 9.97 Å². The molecule has 0 saturated heterocycles. The van der Waals surface area contributed by atoms with Crippen LogP contribution in [0, 0.1) is 31.7 Å². The SMILES string of the molecule is CCC(CC)C(=O)/C=C(\O)C(CC)CC.Cc1cc(N=S)cc(C)c1-c1sc2ncnc3c2c1C(C)(C)c1cc2ccccc2[c-]c1-3.[Ir]. The van der Waals surface area contributed by atoms with Crippen LogP contribution in [-0.4, -0.2) is 20.9 Å². The number of allylic oxidation sites excluding steroid dienone is 2. The Morgan fingerprint density at radius 3 is 2.23 bits per heavy atom. The Morgan fingerprint density at radius 1 is 1.00 bits per heavy atom. The van der Waals surface area contributed by atoms with E-state index in [0.29, 0.717) is 0 Å². The number of aliphatic hydroxyl groups excluding tert-OH is 1. The van der Waals surface area contributed by atoms with E-state index < -0.39 is 0 Å². The number of benzene rings is 3. The van der Waals surface area contributed by atoms with Gasteiger partial charge in [0.05, 0.1) is 11.4 Å². The van der Waals surface area contributed by atoms with Crippen molar-refractivity contribution in [2.75, 3.05) is 0 Å². The molecule has 0 atom stereocenters. The van der Waals surface area contributed by atoms with E-state index in [1.807, 2.05) is 27.7 Å². The molecule has 1 radical (unpaired) electrons. The van der Waals surface area contributed by atoms with Gasteiger partial charge in [0.1, 0.15) is 11.2 Å². The molecule has 8 heteroatoms. The Balaban J connectivity index is 0.000000279. The number of aryl methyl sites for hydroxylation is 2. The Labute approximate surface area is 307 Å². The average molecular weight is 855 g/mol. The normalized spacial score (nSPS) is 13.2. The van der Waals surface area contributed by atoms with Crippen LogP contribution in [0.3, 0.4) is 0 Å². The Bertz CT molecular complexity index is 1980. The quantitative estimate of drug-likeness (QED) is 0.0908. The number of carbonyl (C=O) groups excluding carboxylic acids is 1. The molecule has 5 aromatic rings. The van der Waals surface area contributed by atoms with Gasteiger partial charge in [-0.05, 0) is 79.3 Å². The predicted octanol–water partition coefficient (Wildman–Crippen LogP) is 11.5. The molecule has 1 N–H and O–H groups in total. The van der Waals surface area contributed by atoms with Crippen LogP contribution in [-0.2, 0) is 42.7 Å². The van der Waals surface area contributed by atoms with E-state index in [1.54, 1.807) is 17.7 Å². The van der Waals surface area contributed by atoms with Gasteiger partial charge in [-0.3, -0.25) is 9.78 Å². The molecule has 0 fully saturated rings. The van der Waals surface area contributed by atoms with Crippen LogP contribution in [0.25, 0.3) is 42.7 Å². The van der Waals surface area contributed by atoms with Crippen molar-refractivity contribution in [1.29, 1.82) is 0 Å². The second-order valence-corrected chi connectivity index (χ2v) is 14.2. The van der Waals surface area contributed by atoms with Crippen LogP contribution in [0.2, 0.25) is 0 Å². The zero-order valence-corrected chi connectivity index (χ0v) is 33.1. The molecular weight excluding hydrogens is 811 g/mol. The van der Waals surface area contributed by atoms with Crippen LogP contribution < -0.4 is 0 Å². The molecule has 6 rings (SSSR count). The number of fused-ring (bicyclic) bond motifs is 3. The number of hydrogen-bond donors (Lipinski definition) is 1. The van der Waals surface area contributed by atoms with Gasteiger partial charge in [-0.25, -0.2) is 4.98 Å². The number of rotatable bonds is 9. The molecular formula is C40H44IrN3O2S2-.